The van der Waals surface area contributed by atoms with Gasteiger partial charge in [-0.15, -0.1) is 0 Å². The number of aromatic nitrogens is 1. The molecule has 1 aliphatic heterocycles. The highest BCUT2D eigenvalue weighted by molar-refractivity contribution is 5.98. The quantitative estimate of drug-likeness (QED) is 0.840. The molecule has 1 saturated heterocycles. The fraction of sp³-hybridized carbons (Fsp3) is 0.471. The molecular formula is C17H22N2O. The van der Waals surface area contributed by atoms with E-state index in [0.717, 1.165) is 42.4 Å². The van der Waals surface area contributed by atoms with Crippen molar-refractivity contribution in [3.05, 3.63) is 36.0 Å². The Morgan fingerprint density at radius 1 is 1.20 bits per heavy atom. The van der Waals surface area contributed by atoms with Gasteiger partial charge in [-0.1, -0.05) is 13.8 Å². The summed E-state index contributed by atoms with van der Waals surface area (Å²) in [6.07, 6.45) is 5.30. The fourth-order valence-corrected chi connectivity index (χ4v) is 2.99. The van der Waals surface area contributed by atoms with E-state index in [0.29, 0.717) is 5.41 Å². The lowest BCUT2D eigenvalue weighted by Crippen LogP contribution is -2.32. The van der Waals surface area contributed by atoms with Crippen LogP contribution in [0.15, 0.2) is 30.5 Å². The molecule has 20 heavy (non-hydrogen) atoms. The minimum atomic E-state index is 0.172. The predicted octanol–water partition coefficient (Wildman–Crippen LogP) is 3.82. The number of nitrogens with one attached hydrogen (secondary N) is 1. The van der Waals surface area contributed by atoms with E-state index in [9.17, 15) is 4.79 Å². The van der Waals surface area contributed by atoms with Crippen molar-refractivity contribution in [2.45, 2.75) is 33.1 Å². The standard InChI is InChI=1S/C17H22N2O/c1-17(2)7-3-10-19(11-8-17)16(20)14-4-5-15-13(12-14)6-9-18-15/h4-6,9,12,18H,3,7-8,10-11H2,1-2H3. The molecule has 1 fully saturated rings. The SMILES string of the molecule is CC1(C)CCCN(C(=O)c2ccc3[nH]ccc3c2)CC1. The molecule has 0 radical (unpaired) electrons. The molecule has 0 bridgehead atoms. The first-order valence-electron chi connectivity index (χ1n) is 7.42. The van der Waals surface area contributed by atoms with Gasteiger partial charge in [-0.25, -0.2) is 0 Å². The van der Waals surface area contributed by atoms with Gasteiger partial charge < -0.3 is 9.88 Å². The summed E-state index contributed by atoms with van der Waals surface area (Å²) in [4.78, 5) is 17.8. The zero-order valence-corrected chi connectivity index (χ0v) is 12.3. The van der Waals surface area contributed by atoms with Crippen LogP contribution >= 0.6 is 0 Å². The van der Waals surface area contributed by atoms with Gasteiger partial charge >= 0.3 is 0 Å². The van der Waals surface area contributed by atoms with Crippen molar-refractivity contribution >= 4 is 16.8 Å². The van der Waals surface area contributed by atoms with Crippen LogP contribution in [0.1, 0.15) is 43.5 Å². The van der Waals surface area contributed by atoms with Gasteiger partial charge in [-0.2, -0.15) is 0 Å². The van der Waals surface area contributed by atoms with Crippen molar-refractivity contribution in [3.63, 3.8) is 0 Å². The van der Waals surface area contributed by atoms with Crippen LogP contribution in [0, 0.1) is 5.41 Å². The topological polar surface area (TPSA) is 36.1 Å². The first kappa shape index (κ1) is 13.2. The molecule has 0 aliphatic carbocycles. The summed E-state index contributed by atoms with van der Waals surface area (Å²) in [6.45, 7) is 6.35. The Kier molecular flexibility index (Phi) is 3.28. The summed E-state index contributed by atoms with van der Waals surface area (Å²) in [7, 11) is 0. The maximum atomic E-state index is 12.6. The highest BCUT2D eigenvalue weighted by atomic mass is 16.2. The second-order valence-corrected chi connectivity index (χ2v) is 6.59. The molecule has 0 spiro atoms. The number of benzene rings is 1. The van der Waals surface area contributed by atoms with E-state index < -0.39 is 0 Å². The summed E-state index contributed by atoms with van der Waals surface area (Å²) >= 11 is 0. The third kappa shape index (κ3) is 2.58. The highest BCUT2D eigenvalue weighted by Crippen LogP contribution is 2.30. The number of carbonyl (C=O) groups excluding carboxylic acids is 1. The molecule has 3 rings (SSSR count). The molecular weight excluding hydrogens is 248 g/mol. The van der Waals surface area contributed by atoms with Crippen LogP contribution in [0.4, 0.5) is 0 Å². The van der Waals surface area contributed by atoms with E-state index >= 15 is 0 Å². The van der Waals surface area contributed by atoms with Crippen LogP contribution in [0.25, 0.3) is 10.9 Å². The Labute approximate surface area is 120 Å². The Morgan fingerprint density at radius 3 is 2.90 bits per heavy atom. The van der Waals surface area contributed by atoms with E-state index in [4.69, 9.17) is 0 Å². The Hall–Kier alpha value is -1.77. The number of hydrogen-bond donors (Lipinski definition) is 1. The Bertz CT molecular complexity index is 627. The molecule has 1 aliphatic rings. The number of H-pyrrole nitrogens is 1. The summed E-state index contributed by atoms with van der Waals surface area (Å²) in [5, 5.41) is 1.10. The van der Waals surface area contributed by atoms with E-state index in [-0.39, 0.29) is 5.91 Å². The number of amides is 1. The average Bonchev–Trinajstić information content (AvgIpc) is 2.81. The number of aromatic amines is 1. The monoisotopic (exact) mass is 270 g/mol. The first-order chi connectivity index (χ1) is 9.55. The zero-order valence-electron chi connectivity index (χ0n) is 12.3. The number of nitrogens with zero attached hydrogens (tertiary/aromatic N) is 1. The van der Waals surface area contributed by atoms with Crippen molar-refractivity contribution in [2.75, 3.05) is 13.1 Å². The normalized spacial score (nSPS) is 19.0. The van der Waals surface area contributed by atoms with Crippen LogP contribution in [-0.4, -0.2) is 28.9 Å². The van der Waals surface area contributed by atoms with E-state index in [1.54, 1.807) is 0 Å². The smallest absolute Gasteiger partial charge is 0.253 e. The van der Waals surface area contributed by atoms with Gasteiger partial charge in [0.2, 0.25) is 0 Å². The van der Waals surface area contributed by atoms with Gasteiger partial charge in [-0.05, 0) is 48.9 Å². The van der Waals surface area contributed by atoms with Crippen LogP contribution in [-0.2, 0) is 0 Å². The minimum absolute atomic E-state index is 0.172. The van der Waals surface area contributed by atoms with Crippen molar-refractivity contribution in [1.82, 2.24) is 9.88 Å². The van der Waals surface area contributed by atoms with Crippen molar-refractivity contribution < 1.29 is 4.79 Å². The van der Waals surface area contributed by atoms with E-state index in [1.165, 1.54) is 6.42 Å². The van der Waals surface area contributed by atoms with Gasteiger partial charge in [0.1, 0.15) is 0 Å². The molecule has 2 heterocycles. The number of fused-ring (bicyclic) bond motifs is 1. The Morgan fingerprint density at radius 2 is 2.05 bits per heavy atom. The molecule has 106 valence electrons. The van der Waals surface area contributed by atoms with Gasteiger partial charge in [0.25, 0.3) is 5.91 Å². The lowest BCUT2D eigenvalue weighted by Gasteiger charge is -2.23. The van der Waals surface area contributed by atoms with E-state index in [1.807, 2.05) is 35.4 Å². The number of likely N-dealkylation sites (tertiary alicyclic amines) is 1. The molecule has 1 aromatic heterocycles. The second kappa shape index (κ2) is 4.97. The highest BCUT2D eigenvalue weighted by Gasteiger charge is 2.25. The van der Waals surface area contributed by atoms with Crippen molar-refractivity contribution in [2.24, 2.45) is 5.41 Å². The third-order valence-electron chi connectivity index (χ3n) is 4.43. The minimum Gasteiger partial charge on any atom is -0.361 e. The molecule has 3 heteroatoms. The van der Waals surface area contributed by atoms with Gasteiger partial charge in [0.05, 0.1) is 0 Å². The predicted molar refractivity (Wildman–Crippen MR) is 81.8 cm³/mol. The summed E-state index contributed by atoms with van der Waals surface area (Å²) in [5.74, 6) is 0.172. The molecule has 1 aromatic carbocycles. The summed E-state index contributed by atoms with van der Waals surface area (Å²) < 4.78 is 0. The summed E-state index contributed by atoms with van der Waals surface area (Å²) in [5.41, 5.74) is 2.25. The van der Waals surface area contributed by atoms with Gasteiger partial charge in [-0.3, -0.25) is 4.79 Å². The third-order valence-corrected chi connectivity index (χ3v) is 4.43. The van der Waals surface area contributed by atoms with Crippen LogP contribution in [0.2, 0.25) is 0 Å². The summed E-state index contributed by atoms with van der Waals surface area (Å²) in [6, 6.07) is 7.92. The number of hydrogen-bond acceptors (Lipinski definition) is 1. The molecule has 0 saturated carbocycles. The van der Waals surface area contributed by atoms with Gasteiger partial charge in [0.15, 0.2) is 0 Å². The molecule has 2 aromatic rings. The maximum absolute atomic E-state index is 12.6. The first-order valence-corrected chi connectivity index (χ1v) is 7.42. The van der Waals surface area contributed by atoms with Gasteiger partial charge in [0, 0.05) is 35.8 Å². The molecule has 0 atom stereocenters. The van der Waals surface area contributed by atoms with Crippen molar-refractivity contribution in [3.8, 4) is 0 Å². The number of carbonyl (C=O) groups is 1. The van der Waals surface area contributed by atoms with Crippen LogP contribution in [0.5, 0.6) is 0 Å². The fourth-order valence-electron chi connectivity index (χ4n) is 2.99. The second-order valence-electron chi connectivity index (χ2n) is 6.59. The molecule has 1 N–H and O–H groups in total. The maximum Gasteiger partial charge on any atom is 0.253 e. The molecule has 3 nitrogen and oxygen atoms in total. The average molecular weight is 270 g/mol. The largest absolute Gasteiger partial charge is 0.361 e. The Balaban J connectivity index is 1.80. The molecule has 0 unspecified atom stereocenters. The van der Waals surface area contributed by atoms with E-state index in [2.05, 4.69) is 18.8 Å². The lowest BCUT2D eigenvalue weighted by atomic mass is 9.85. The lowest BCUT2D eigenvalue weighted by molar-refractivity contribution is 0.0757. The number of rotatable bonds is 1. The van der Waals surface area contributed by atoms with Crippen LogP contribution in [0.3, 0.4) is 0 Å². The molecule has 1 amide bonds. The van der Waals surface area contributed by atoms with Crippen LogP contribution < -0.4 is 0 Å². The van der Waals surface area contributed by atoms with Crippen molar-refractivity contribution in [1.29, 1.82) is 0 Å². The zero-order chi connectivity index (χ0) is 14.2.